The molecule has 0 spiro atoms. The van der Waals surface area contributed by atoms with E-state index in [1.807, 2.05) is 31.2 Å². The largest absolute Gasteiger partial charge is 0.304 e. The van der Waals surface area contributed by atoms with Crippen molar-refractivity contribution < 1.29 is 13.2 Å². The fourth-order valence-corrected chi connectivity index (χ4v) is 6.07. The van der Waals surface area contributed by atoms with Gasteiger partial charge in [-0.2, -0.15) is 0 Å². The van der Waals surface area contributed by atoms with E-state index >= 15 is 0 Å². The van der Waals surface area contributed by atoms with Gasteiger partial charge in [-0.15, -0.1) is 11.3 Å². The Morgan fingerprint density at radius 2 is 1.78 bits per heavy atom. The topological polar surface area (TPSA) is 54.5 Å². The molecule has 0 unspecified atom stereocenters. The molecule has 0 aliphatic carbocycles. The fraction of sp³-hybridized carbons (Fsp3) is 0.150. The summed E-state index contributed by atoms with van der Waals surface area (Å²) in [6.45, 7) is 2.00. The zero-order valence-corrected chi connectivity index (χ0v) is 16.8. The number of rotatable bonds is 3. The number of hydrogen-bond acceptors (Lipinski definition) is 4. The van der Waals surface area contributed by atoms with Gasteiger partial charge in [-0.1, -0.05) is 29.8 Å². The van der Waals surface area contributed by atoms with Gasteiger partial charge < -0.3 is 4.90 Å². The Morgan fingerprint density at radius 3 is 2.52 bits per heavy atom. The number of para-hydroxylation sites is 1. The molecule has 1 aliphatic rings. The third-order valence-corrected chi connectivity index (χ3v) is 8.19. The monoisotopic (exact) mass is 417 g/mol. The van der Waals surface area contributed by atoms with E-state index in [-0.39, 0.29) is 21.1 Å². The summed E-state index contributed by atoms with van der Waals surface area (Å²) in [6.07, 6.45) is 0.795. The second-order valence-corrected chi connectivity index (χ2v) is 10.1. The molecule has 1 amide bonds. The maximum absolute atomic E-state index is 13.1. The number of anilines is 1. The van der Waals surface area contributed by atoms with Gasteiger partial charge >= 0.3 is 0 Å². The molecule has 1 atom stereocenters. The van der Waals surface area contributed by atoms with Crippen LogP contribution in [0.5, 0.6) is 0 Å². The third-order valence-electron chi connectivity index (χ3n) is 4.61. The van der Waals surface area contributed by atoms with Gasteiger partial charge in [0.15, 0.2) is 0 Å². The molecule has 27 heavy (non-hydrogen) atoms. The highest BCUT2D eigenvalue weighted by atomic mass is 35.5. The van der Waals surface area contributed by atoms with Gasteiger partial charge in [0.2, 0.25) is 9.84 Å². The van der Waals surface area contributed by atoms with Crippen LogP contribution in [0.2, 0.25) is 5.02 Å². The molecule has 0 N–H and O–H groups in total. The van der Waals surface area contributed by atoms with Crippen LogP contribution in [0.3, 0.4) is 0 Å². The zero-order valence-electron chi connectivity index (χ0n) is 14.4. The quantitative estimate of drug-likeness (QED) is 0.613. The number of hydrogen-bond donors (Lipinski definition) is 0. The summed E-state index contributed by atoms with van der Waals surface area (Å²) in [5.74, 6) is -0.171. The van der Waals surface area contributed by atoms with Gasteiger partial charge in [0.25, 0.3) is 5.91 Å². The Balaban J connectivity index is 1.67. The minimum Gasteiger partial charge on any atom is -0.304 e. The minimum atomic E-state index is -3.68. The van der Waals surface area contributed by atoms with Gasteiger partial charge in [-0.05, 0) is 61.4 Å². The van der Waals surface area contributed by atoms with Gasteiger partial charge in [0.05, 0.1) is 9.77 Å². The van der Waals surface area contributed by atoms with Crippen LogP contribution in [-0.2, 0) is 16.3 Å². The maximum atomic E-state index is 13.1. The van der Waals surface area contributed by atoms with Crippen LogP contribution in [-0.4, -0.2) is 20.4 Å². The zero-order chi connectivity index (χ0) is 19.2. The summed E-state index contributed by atoms with van der Waals surface area (Å²) in [5, 5.41) is 0.470. The molecule has 0 bridgehead atoms. The number of halogens is 1. The van der Waals surface area contributed by atoms with Crippen LogP contribution in [0.25, 0.3) is 0 Å². The average Bonchev–Trinajstić information content (AvgIpc) is 3.26. The molecule has 0 saturated carbocycles. The molecule has 4 nitrogen and oxygen atoms in total. The van der Waals surface area contributed by atoms with E-state index in [1.165, 1.54) is 30.3 Å². The molecular weight excluding hydrogens is 402 g/mol. The highest BCUT2D eigenvalue weighted by molar-refractivity contribution is 7.93. The lowest BCUT2D eigenvalue weighted by molar-refractivity contribution is 0.0985. The smallest absolute Gasteiger partial charge is 0.268 e. The molecule has 1 aromatic heterocycles. The third kappa shape index (κ3) is 3.18. The van der Waals surface area contributed by atoms with E-state index in [9.17, 15) is 13.2 Å². The molecule has 1 aliphatic heterocycles. The SMILES string of the molecule is C[C@H]1Cc2ccccc2N1C(=O)c1ccc(S(=O)(=O)c2ccc(Cl)cc2)s1. The number of benzene rings is 2. The highest BCUT2D eigenvalue weighted by Gasteiger charge is 2.32. The van der Waals surface area contributed by atoms with Crippen molar-refractivity contribution in [1.29, 1.82) is 0 Å². The van der Waals surface area contributed by atoms with Gasteiger partial charge in [0, 0.05) is 16.8 Å². The maximum Gasteiger partial charge on any atom is 0.268 e. The lowest BCUT2D eigenvalue weighted by Gasteiger charge is -2.21. The molecule has 2 aromatic carbocycles. The number of amides is 1. The molecule has 2 heterocycles. The molecule has 7 heteroatoms. The first-order chi connectivity index (χ1) is 12.9. The van der Waals surface area contributed by atoms with E-state index in [2.05, 4.69) is 0 Å². The molecule has 0 fully saturated rings. The van der Waals surface area contributed by atoms with Gasteiger partial charge in [-0.3, -0.25) is 4.79 Å². The molecule has 4 rings (SSSR count). The number of thiophene rings is 1. The normalized spacial score (nSPS) is 16.4. The van der Waals surface area contributed by atoms with Gasteiger partial charge in [-0.25, -0.2) is 8.42 Å². The molecule has 138 valence electrons. The summed E-state index contributed by atoms with van der Waals surface area (Å²) in [6, 6.07) is 16.9. The summed E-state index contributed by atoms with van der Waals surface area (Å²) in [7, 11) is -3.68. The van der Waals surface area contributed by atoms with Crippen molar-refractivity contribution in [1.82, 2.24) is 0 Å². The van der Waals surface area contributed by atoms with Crippen molar-refractivity contribution in [2.75, 3.05) is 4.90 Å². The Morgan fingerprint density at radius 1 is 1.07 bits per heavy atom. The van der Waals surface area contributed by atoms with E-state index in [1.54, 1.807) is 11.0 Å². The van der Waals surface area contributed by atoms with Crippen molar-refractivity contribution >= 4 is 44.4 Å². The number of carbonyl (C=O) groups excluding carboxylic acids is 1. The first-order valence-corrected chi connectivity index (χ1v) is 11.1. The number of carbonyl (C=O) groups is 1. The first kappa shape index (κ1) is 18.2. The van der Waals surface area contributed by atoms with Crippen molar-refractivity contribution in [3.8, 4) is 0 Å². The Bertz CT molecular complexity index is 1120. The van der Waals surface area contributed by atoms with Crippen molar-refractivity contribution in [2.45, 2.75) is 28.5 Å². The first-order valence-electron chi connectivity index (χ1n) is 8.40. The molecule has 3 aromatic rings. The second kappa shape index (κ2) is 6.78. The lowest BCUT2D eigenvalue weighted by atomic mass is 10.1. The van der Waals surface area contributed by atoms with Crippen molar-refractivity contribution in [3.05, 3.63) is 76.1 Å². The standard InChI is InChI=1S/C20H16ClNO3S2/c1-13-12-14-4-2-3-5-17(14)22(13)20(23)18-10-11-19(26-18)27(24,25)16-8-6-15(21)7-9-16/h2-11,13H,12H2,1H3/t13-/m0/s1. The predicted octanol–water partition coefficient (Wildman–Crippen LogP) is 4.83. The summed E-state index contributed by atoms with van der Waals surface area (Å²) in [5.41, 5.74) is 2.02. The predicted molar refractivity (Wildman–Crippen MR) is 108 cm³/mol. The van der Waals surface area contributed by atoms with Crippen molar-refractivity contribution in [3.63, 3.8) is 0 Å². The average molecular weight is 418 g/mol. The fourth-order valence-electron chi connectivity index (χ4n) is 3.30. The molecular formula is C20H16ClNO3S2. The van der Waals surface area contributed by atoms with E-state index < -0.39 is 9.84 Å². The van der Waals surface area contributed by atoms with Crippen LogP contribution in [0.15, 0.2) is 69.8 Å². The van der Waals surface area contributed by atoms with Crippen LogP contribution in [0, 0.1) is 0 Å². The highest BCUT2D eigenvalue weighted by Crippen LogP contribution is 2.35. The number of fused-ring (bicyclic) bond motifs is 1. The van der Waals surface area contributed by atoms with Gasteiger partial charge in [0.1, 0.15) is 4.21 Å². The Labute approximate surface area is 166 Å². The summed E-state index contributed by atoms with van der Waals surface area (Å²) in [4.78, 5) is 15.4. The van der Waals surface area contributed by atoms with Crippen LogP contribution < -0.4 is 4.90 Å². The Kier molecular flexibility index (Phi) is 4.58. The lowest BCUT2D eigenvalue weighted by Crippen LogP contribution is -2.35. The van der Waals surface area contributed by atoms with Crippen LogP contribution in [0.4, 0.5) is 5.69 Å². The second-order valence-electron chi connectivity index (χ2n) is 6.43. The molecule has 0 saturated heterocycles. The minimum absolute atomic E-state index is 0.0355. The van der Waals surface area contributed by atoms with Crippen LogP contribution >= 0.6 is 22.9 Å². The molecule has 0 radical (unpaired) electrons. The summed E-state index contributed by atoms with van der Waals surface area (Å²) < 4.78 is 25.8. The van der Waals surface area contributed by atoms with E-state index in [0.717, 1.165) is 29.0 Å². The van der Waals surface area contributed by atoms with E-state index in [0.29, 0.717) is 9.90 Å². The Hall–Kier alpha value is -2.15. The number of sulfone groups is 1. The van der Waals surface area contributed by atoms with Crippen molar-refractivity contribution in [2.24, 2.45) is 0 Å². The number of nitrogens with zero attached hydrogens (tertiary/aromatic N) is 1. The van der Waals surface area contributed by atoms with E-state index in [4.69, 9.17) is 11.6 Å². The van der Waals surface area contributed by atoms with Crippen LogP contribution in [0.1, 0.15) is 22.2 Å². The summed E-state index contributed by atoms with van der Waals surface area (Å²) >= 11 is 6.84.